The van der Waals surface area contributed by atoms with Crippen molar-refractivity contribution in [3.8, 4) is 0 Å². The lowest BCUT2D eigenvalue weighted by molar-refractivity contribution is -0.112. The Morgan fingerprint density at radius 1 is 1.00 bits per heavy atom. The molecule has 0 spiro atoms. The smallest absolute Gasteiger partial charge is 0.270 e. The Morgan fingerprint density at radius 2 is 1.68 bits per heavy atom. The second-order valence-electron chi connectivity index (χ2n) is 7.22. The van der Waals surface area contributed by atoms with Crippen molar-refractivity contribution in [2.24, 2.45) is 0 Å². The lowest BCUT2D eigenvalue weighted by atomic mass is 9.95. The number of fused-ring (bicyclic) bond motifs is 1. The summed E-state index contributed by atoms with van der Waals surface area (Å²) in [5, 5.41) is 3.21. The summed E-state index contributed by atoms with van der Waals surface area (Å²) in [6, 6.07) is 21.3. The van der Waals surface area contributed by atoms with Gasteiger partial charge in [-0.15, -0.1) is 0 Å². The molecule has 1 amide bonds. The van der Waals surface area contributed by atoms with Gasteiger partial charge in [0.1, 0.15) is 0 Å². The molecular weight excluding hydrogens is 432 g/mol. The second kappa shape index (κ2) is 8.21. The first-order chi connectivity index (χ1) is 14.8. The predicted molar refractivity (Wildman–Crippen MR) is 126 cm³/mol. The van der Waals surface area contributed by atoms with Crippen LogP contribution in [0.2, 0.25) is 5.02 Å². The third-order valence-corrected chi connectivity index (χ3v) is 7.31. The van der Waals surface area contributed by atoms with E-state index in [4.69, 9.17) is 11.6 Å². The Labute approximate surface area is 187 Å². The standard InChI is InChI=1S/C24H21ClN2O3S/c1-3-27-21-14-11-18(25)15-20(21)22(17-7-5-4-6-8-17)23(31(27,29)30)24(28)26-19-12-9-16(2)10-13-19/h4-15H,3H2,1-2H3,(H,26,28). The highest BCUT2D eigenvalue weighted by Crippen LogP contribution is 2.43. The number of nitrogens with zero attached hydrogens (tertiary/aromatic N) is 1. The van der Waals surface area contributed by atoms with Crippen molar-refractivity contribution in [1.82, 2.24) is 0 Å². The molecule has 3 aromatic carbocycles. The van der Waals surface area contributed by atoms with Crippen LogP contribution in [0.1, 0.15) is 23.6 Å². The number of anilines is 2. The third kappa shape index (κ3) is 3.84. The molecule has 1 heterocycles. The van der Waals surface area contributed by atoms with Crippen LogP contribution in [0.3, 0.4) is 0 Å². The van der Waals surface area contributed by atoms with E-state index in [0.717, 1.165) is 5.56 Å². The fourth-order valence-corrected chi connectivity index (χ4v) is 5.63. The lowest BCUT2D eigenvalue weighted by Gasteiger charge is -2.33. The maximum Gasteiger partial charge on any atom is 0.270 e. The molecular formula is C24H21ClN2O3S. The Balaban J connectivity index is 1.99. The van der Waals surface area contributed by atoms with Gasteiger partial charge in [-0.3, -0.25) is 9.10 Å². The molecule has 0 aromatic heterocycles. The number of aryl methyl sites for hydroxylation is 1. The zero-order valence-electron chi connectivity index (χ0n) is 17.1. The van der Waals surface area contributed by atoms with Gasteiger partial charge in [-0.1, -0.05) is 59.6 Å². The molecule has 158 valence electrons. The van der Waals surface area contributed by atoms with Crippen molar-refractivity contribution >= 4 is 44.5 Å². The number of halogens is 1. The molecule has 31 heavy (non-hydrogen) atoms. The fraction of sp³-hybridized carbons (Fsp3) is 0.125. The highest BCUT2D eigenvalue weighted by atomic mass is 35.5. The van der Waals surface area contributed by atoms with E-state index in [1.165, 1.54) is 4.31 Å². The zero-order chi connectivity index (χ0) is 22.2. The van der Waals surface area contributed by atoms with Crippen LogP contribution in [0.5, 0.6) is 0 Å². The van der Waals surface area contributed by atoms with Gasteiger partial charge in [0.25, 0.3) is 15.9 Å². The van der Waals surface area contributed by atoms with Gasteiger partial charge in [0.15, 0.2) is 4.91 Å². The van der Waals surface area contributed by atoms with E-state index in [0.29, 0.717) is 33.1 Å². The summed E-state index contributed by atoms with van der Waals surface area (Å²) in [6.45, 7) is 3.85. The van der Waals surface area contributed by atoms with Crippen molar-refractivity contribution in [2.45, 2.75) is 13.8 Å². The van der Waals surface area contributed by atoms with Gasteiger partial charge in [-0.05, 0) is 49.7 Å². The minimum absolute atomic E-state index is 0.181. The van der Waals surface area contributed by atoms with Crippen molar-refractivity contribution in [3.05, 3.63) is 99.4 Å². The van der Waals surface area contributed by atoms with Crippen LogP contribution in [0, 0.1) is 6.92 Å². The summed E-state index contributed by atoms with van der Waals surface area (Å²) in [5.74, 6) is -0.688. The first-order valence-electron chi connectivity index (χ1n) is 9.83. The Hall–Kier alpha value is -3.09. The van der Waals surface area contributed by atoms with Crippen LogP contribution in [-0.2, 0) is 14.8 Å². The first kappa shape index (κ1) is 21.2. The van der Waals surface area contributed by atoms with Gasteiger partial charge in [0, 0.05) is 28.4 Å². The Morgan fingerprint density at radius 3 is 2.32 bits per heavy atom. The molecule has 3 aromatic rings. The fourth-order valence-electron chi connectivity index (χ4n) is 3.70. The average Bonchev–Trinajstić information content (AvgIpc) is 2.75. The number of carbonyl (C=O) groups is 1. The normalized spacial score (nSPS) is 14.9. The molecule has 0 atom stereocenters. The molecule has 0 fully saturated rings. The van der Waals surface area contributed by atoms with Crippen molar-refractivity contribution in [3.63, 3.8) is 0 Å². The highest BCUT2D eigenvalue weighted by Gasteiger charge is 2.40. The van der Waals surface area contributed by atoms with E-state index in [2.05, 4.69) is 5.32 Å². The average molecular weight is 453 g/mol. The molecule has 1 aliphatic heterocycles. The molecule has 0 radical (unpaired) electrons. The quantitative estimate of drug-likeness (QED) is 0.590. The lowest BCUT2D eigenvalue weighted by Crippen LogP contribution is -2.39. The van der Waals surface area contributed by atoms with Crippen LogP contribution >= 0.6 is 11.6 Å². The molecule has 0 aliphatic carbocycles. The summed E-state index contributed by atoms with van der Waals surface area (Å²) in [4.78, 5) is 13.1. The predicted octanol–water partition coefficient (Wildman–Crippen LogP) is 5.22. The van der Waals surface area contributed by atoms with E-state index in [-0.39, 0.29) is 11.4 Å². The van der Waals surface area contributed by atoms with E-state index in [1.54, 1.807) is 61.5 Å². The number of amides is 1. The first-order valence-corrected chi connectivity index (χ1v) is 11.6. The van der Waals surface area contributed by atoms with Crippen molar-refractivity contribution < 1.29 is 13.2 Å². The van der Waals surface area contributed by atoms with Gasteiger partial charge in [-0.25, -0.2) is 8.42 Å². The van der Waals surface area contributed by atoms with Crippen molar-refractivity contribution in [1.29, 1.82) is 0 Å². The molecule has 7 heteroatoms. The molecule has 0 saturated heterocycles. The van der Waals surface area contributed by atoms with Gasteiger partial charge >= 0.3 is 0 Å². The monoisotopic (exact) mass is 452 g/mol. The van der Waals surface area contributed by atoms with Crippen LogP contribution in [0.25, 0.3) is 5.57 Å². The Bertz CT molecular complexity index is 1280. The SMILES string of the molecule is CCN1c2ccc(Cl)cc2C(c2ccccc2)=C(C(=O)Nc2ccc(C)cc2)S1(=O)=O. The van der Waals surface area contributed by atoms with Gasteiger partial charge < -0.3 is 5.32 Å². The Kier molecular flexibility index (Phi) is 5.60. The maximum atomic E-state index is 13.6. The maximum absolute atomic E-state index is 13.6. The summed E-state index contributed by atoms with van der Waals surface area (Å²) < 4.78 is 28.5. The largest absolute Gasteiger partial charge is 0.321 e. The molecule has 4 rings (SSSR count). The minimum atomic E-state index is -4.11. The molecule has 5 nitrogen and oxygen atoms in total. The van der Waals surface area contributed by atoms with E-state index < -0.39 is 15.9 Å². The van der Waals surface area contributed by atoms with Crippen LogP contribution in [0.15, 0.2) is 77.7 Å². The van der Waals surface area contributed by atoms with Gasteiger partial charge in [-0.2, -0.15) is 0 Å². The second-order valence-corrected chi connectivity index (χ2v) is 9.46. The van der Waals surface area contributed by atoms with Crippen LogP contribution in [-0.4, -0.2) is 20.9 Å². The number of rotatable bonds is 4. The number of nitrogens with one attached hydrogen (secondary N) is 1. The van der Waals surface area contributed by atoms with E-state index in [1.807, 2.05) is 25.1 Å². The van der Waals surface area contributed by atoms with E-state index in [9.17, 15) is 13.2 Å². The number of hydrogen-bond acceptors (Lipinski definition) is 3. The third-order valence-electron chi connectivity index (χ3n) is 5.14. The molecule has 1 N–H and O–H groups in total. The number of carbonyl (C=O) groups excluding carboxylic acids is 1. The molecule has 1 aliphatic rings. The summed E-state index contributed by atoms with van der Waals surface area (Å²) in [5.41, 5.74) is 3.62. The number of hydrogen-bond donors (Lipinski definition) is 1. The van der Waals surface area contributed by atoms with Crippen LogP contribution < -0.4 is 9.62 Å². The highest BCUT2D eigenvalue weighted by molar-refractivity contribution is 7.97. The topological polar surface area (TPSA) is 66.5 Å². The summed E-state index contributed by atoms with van der Waals surface area (Å²) in [6.07, 6.45) is 0. The van der Waals surface area contributed by atoms with Gasteiger partial charge in [0.05, 0.1) is 5.69 Å². The minimum Gasteiger partial charge on any atom is -0.321 e. The molecule has 0 unspecified atom stereocenters. The molecule has 0 bridgehead atoms. The van der Waals surface area contributed by atoms with E-state index >= 15 is 0 Å². The number of benzene rings is 3. The van der Waals surface area contributed by atoms with Gasteiger partial charge in [0.2, 0.25) is 0 Å². The summed E-state index contributed by atoms with van der Waals surface area (Å²) in [7, 11) is -4.11. The van der Waals surface area contributed by atoms with Crippen LogP contribution in [0.4, 0.5) is 11.4 Å². The molecule has 0 saturated carbocycles. The number of sulfonamides is 1. The zero-order valence-corrected chi connectivity index (χ0v) is 18.7. The van der Waals surface area contributed by atoms with Crippen molar-refractivity contribution in [2.75, 3.05) is 16.2 Å². The summed E-state index contributed by atoms with van der Waals surface area (Å²) >= 11 is 6.27.